The molecule has 0 saturated heterocycles. The molecule has 4 aromatic rings. The molecule has 2 aromatic heterocycles. The molecular weight excluding hydrogens is 288 g/mol. The third-order valence-corrected chi connectivity index (χ3v) is 3.73. The molecule has 2 aromatic carbocycles. The lowest BCUT2D eigenvalue weighted by Crippen LogP contribution is -1.87. The van der Waals surface area contributed by atoms with Gasteiger partial charge >= 0.3 is 0 Å². The van der Waals surface area contributed by atoms with Gasteiger partial charge in [-0.3, -0.25) is 4.40 Å². The number of aromatic nitrogens is 2. The molecule has 86 valence electrons. The maximum Gasteiger partial charge on any atom is 0.138 e. The lowest BCUT2D eigenvalue weighted by molar-refractivity contribution is 1.29. The van der Waals surface area contributed by atoms with Crippen LogP contribution in [0.15, 0.2) is 59.1 Å². The number of fused-ring (bicyclic) bond motifs is 5. The highest BCUT2D eigenvalue weighted by Gasteiger charge is 2.06. The fourth-order valence-corrected chi connectivity index (χ4v) is 2.77. The maximum absolute atomic E-state index is 4.64. The Morgan fingerprint density at radius 3 is 2.67 bits per heavy atom. The lowest BCUT2D eigenvalue weighted by Gasteiger charge is -2.03. The molecule has 3 heteroatoms. The summed E-state index contributed by atoms with van der Waals surface area (Å²) < 4.78 is 3.29. The number of para-hydroxylation sites is 2. The van der Waals surface area contributed by atoms with Crippen molar-refractivity contribution in [1.29, 1.82) is 0 Å². The third kappa shape index (κ3) is 1.31. The Morgan fingerprint density at radius 1 is 0.889 bits per heavy atom. The van der Waals surface area contributed by atoms with Crippen molar-refractivity contribution in [2.24, 2.45) is 0 Å². The number of hydrogen-bond donors (Lipinski definition) is 0. The van der Waals surface area contributed by atoms with E-state index in [1.54, 1.807) is 0 Å². The first-order valence-electron chi connectivity index (χ1n) is 5.78. The van der Waals surface area contributed by atoms with Gasteiger partial charge in [0.05, 0.1) is 16.6 Å². The molecule has 0 spiro atoms. The SMILES string of the molecule is Brc1ccc2ccc3nc4ccccc4n3c2c1. The summed E-state index contributed by atoms with van der Waals surface area (Å²) in [5.41, 5.74) is 4.35. The first-order chi connectivity index (χ1) is 8.83. The Balaban J connectivity index is 2.35. The largest absolute Gasteiger partial charge is 0.292 e. The van der Waals surface area contributed by atoms with Gasteiger partial charge in [-0.2, -0.15) is 0 Å². The molecular formula is C15H9BrN2. The minimum atomic E-state index is 0.988. The van der Waals surface area contributed by atoms with Gasteiger partial charge in [0.2, 0.25) is 0 Å². The third-order valence-electron chi connectivity index (χ3n) is 3.23. The number of imidazole rings is 1. The molecule has 0 radical (unpaired) electrons. The zero-order valence-electron chi connectivity index (χ0n) is 9.47. The van der Waals surface area contributed by atoms with Gasteiger partial charge in [0.25, 0.3) is 0 Å². The van der Waals surface area contributed by atoms with Crippen LogP contribution in [0.4, 0.5) is 0 Å². The van der Waals surface area contributed by atoms with Crippen LogP contribution in [-0.4, -0.2) is 9.38 Å². The van der Waals surface area contributed by atoms with Crippen LogP contribution in [0.3, 0.4) is 0 Å². The van der Waals surface area contributed by atoms with E-state index in [4.69, 9.17) is 0 Å². The Hall–Kier alpha value is -1.87. The molecule has 0 fully saturated rings. The zero-order valence-corrected chi connectivity index (χ0v) is 11.1. The number of halogens is 1. The van der Waals surface area contributed by atoms with Crippen LogP contribution in [0, 0.1) is 0 Å². The average molecular weight is 297 g/mol. The van der Waals surface area contributed by atoms with Crippen LogP contribution >= 0.6 is 15.9 Å². The summed E-state index contributed by atoms with van der Waals surface area (Å²) in [6.45, 7) is 0. The summed E-state index contributed by atoms with van der Waals surface area (Å²) in [6.07, 6.45) is 0. The summed E-state index contributed by atoms with van der Waals surface area (Å²) >= 11 is 3.54. The molecule has 2 heterocycles. The molecule has 2 nitrogen and oxygen atoms in total. The molecule has 0 aliphatic heterocycles. The standard InChI is InChI=1S/C15H9BrN2/c16-11-7-5-10-6-8-15-17-12-3-1-2-4-13(12)18(15)14(10)9-11/h1-9H. The van der Waals surface area contributed by atoms with E-state index in [2.05, 4.69) is 61.7 Å². The molecule has 0 N–H and O–H groups in total. The van der Waals surface area contributed by atoms with Gasteiger partial charge in [-0.1, -0.05) is 34.1 Å². The number of pyridine rings is 1. The molecule has 0 aliphatic rings. The van der Waals surface area contributed by atoms with Crippen LogP contribution in [0.2, 0.25) is 0 Å². The van der Waals surface area contributed by atoms with E-state index in [1.165, 1.54) is 10.9 Å². The lowest BCUT2D eigenvalue weighted by atomic mass is 10.2. The van der Waals surface area contributed by atoms with Crippen molar-refractivity contribution in [2.45, 2.75) is 0 Å². The first-order valence-corrected chi connectivity index (χ1v) is 6.58. The summed E-state index contributed by atoms with van der Waals surface area (Å²) in [7, 11) is 0. The molecule has 4 rings (SSSR count). The highest BCUT2D eigenvalue weighted by molar-refractivity contribution is 9.10. The number of nitrogens with zero attached hydrogens (tertiary/aromatic N) is 2. The van der Waals surface area contributed by atoms with E-state index in [0.29, 0.717) is 0 Å². The topological polar surface area (TPSA) is 17.3 Å². The van der Waals surface area contributed by atoms with Crippen molar-refractivity contribution >= 4 is 43.5 Å². The first kappa shape index (κ1) is 10.1. The second-order valence-electron chi connectivity index (χ2n) is 4.33. The summed E-state index contributed by atoms with van der Waals surface area (Å²) in [4.78, 5) is 4.64. The highest BCUT2D eigenvalue weighted by atomic mass is 79.9. The number of benzene rings is 2. The second kappa shape index (κ2) is 3.56. The van der Waals surface area contributed by atoms with Crippen molar-refractivity contribution in [2.75, 3.05) is 0 Å². The van der Waals surface area contributed by atoms with Gasteiger partial charge in [-0.05, 0) is 41.8 Å². The van der Waals surface area contributed by atoms with Gasteiger partial charge in [0.15, 0.2) is 0 Å². The predicted octanol–water partition coefficient (Wildman–Crippen LogP) is 4.40. The van der Waals surface area contributed by atoms with E-state index in [-0.39, 0.29) is 0 Å². The average Bonchev–Trinajstić information content (AvgIpc) is 2.77. The summed E-state index contributed by atoms with van der Waals surface area (Å²) in [6, 6.07) is 18.7. The maximum atomic E-state index is 4.64. The smallest absolute Gasteiger partial charge is 0.138 e. The van der Waals surface area contributed by atoms with E-state index in [1.807, 2.05) is 18.2 Å². The molecule has 0 atom stereocenters. The predicted molar refractivity (Wildman–Crippen MR) is 77.9 cm³/mol. The van der Waals surface area contributed by atoms with E-state index in [9.17, 15) is 0 Å². The minimum Gasteiger partial charge on any atom is -0.292 e. The van der Waals surface area contributed by atoms with E-state index >= 15 is 0 Å². The van der Waals surface area contributed by atoms with E-state index in [0.717, 1.165) is 21.2 Å². The summed E-state index contributed by atoms with van der Waals surface area (Å²) in [5.74, 6) is 0. The fraction of sp³-hybridized carbons (Fsp3) is 0. The van der Waals surface area contributed by atoms with Crippen molar-refractivity contribution in [3.8, 4) is 0 Å². The van der Waals surface area contributed by atoms with Gasteiger partial charge in [0, 0.05) is 4.47 Å². The van der Waals surface area contributed by atoms with Crippen molar-refractivity contribution in [3.05, 3.63) is 59.1 Å². The van der Waals surface area contributed by atoms with Gasteiger partial charge < -0.3 is 0 Å². The Labute approximate surface area is 112 Å². The van der Waals surface area contributed by atoms with Crippen molar-refractivity contribution in [1.82, 2.24) is 9.38 Å². The van der Waals surface area contributed by atoms with E-state index < -0.39 is 0 Å². The summed E-state index contributed by atoms with van der Waals surface area (Å²) in [5, 5.41) is 1.22. The highest BCUT2D eigenvalue weighted by Crippen LogP contribution is 2.25. The van der Waals surface area contributed by atoms with Gasteiger partial charge in [-0.15, -0.1) is 0 Å². The monoisotopic (exact) mass is 296 g/mol. The minimum absolute atomic E-state index is 0.988. The molecule has 0 saturated carbocycles. The molecule has 0 bridgehead atoms. The zero-order chi connectivity index (χ0) is 12.1. The Morgan fingerprint density at radius 2 is 1.72 bits per heavy atom. The molecule has 0 aliphatic carbocycles. The Kier molecular flexibility index (Phi) is 2.00. The van der Waals surface area contributed by atoms with Gasteiger partial charge in [-0.25, -0.2) is 4.98 Å². The van der Waals surface area contributed by atoms with Crippen LogP contribution in [0.1, 0.15) is 0 Å². The molecule has 0 unspecified atom stereocenters. The van der Waals surface area contributed by atoms with Crippen molar-refractivity contribution < 1.29 is 0 Å². The second-order valence-corrected chi connectivity index (χ2v) is 5.25. The van der Waals surface area contributed by atoms with Gasteiger partial charge in [0.1, 0.15) is 5.65 Å². The van der Waals surface area contributed by atoms with Crippen LogP contribution in [0.25, 0.3) is 27.6 Å². The molecule has 0 amide bonds. The fourth-order valence-electron chi connectivity index (χ4n) is 2.43. The van der Waals surface area contributed by atoms with Crippen LogP contribution in [-0.2, 0) is 0 Å². The normalized spacial score (nSPS) is 11.6. The van der Waals surface area contributed by atoms with Crippen molar-refractivity contribution in [3.63, 3.8) is 0 Å². The quantitative estimate of drug-likeness (QED) is 0.470. The Bertz CT molecular complexity index is 893. The number of rotatable bonds is 0. The number of hydrogen-bond acceptors (Lipinski definition) is 1. The van der Waals surface area contributed by atoms with Crippen LogP contribution < -0.4 is 0 Å². The molecule has 18 heavy (non-hydrogen) atoms. The van der Waals surface area contributed by atoms with Crippen LogP contribution in [0.5, 0.6) is 0 Å².